The van der Waals surface area contributed by atoms with E-state index >= 15 is 0 Å². The molecule has 1 heterocycles. The number of carbonyl (C=O) groups is 1. The van der Waals surface area contributed by atoms with Gasteiger partial charge in [-0.1, -0.05) is 0 Å². The van der Waals surface area contributed by atoms with Gasteiger partial charge in [0.25, 0.3) is 0 Å². The summed E-state index contributed by atoms with van der Waals surface area (Å²) in [7, 11) is 1.80. The SMILES string of the molecule is Cc1occc1CN(C)C(=O)NC1CC1. The molecular formula is C11H16N2O2. The fourth-order valence-corrected chi connectivity index (χ4v) is 1.42. The molecule has 1 N–H and O–H groups in total. The number of urea groups is 1. The molecule has 1 saturated carbocycles. The largest absolute Gasteiger partial charge is 0.469 e. The van der Waals surface area contributed by atoms with Crippen LogP contribution in [0, 0.1) is 6.92 Å². The zero-order valence-electron chi connectivity index (χ0n) is 9.12. The van der Waals surface area contributed by atoms with E-state index in [-0.39, 0.29) is 6.03 Å². The lowest BCUT2D eigenvalue weighted by molar-refractivity contribution is 0.206. The molecule has 82 valence electrons. The van der Waals surface area contributed by atoms with E-state index in [9.17, 15) is 4.79 Å². The highest BCUT2D eigenvalue weighted by Crippen LogP contribution is 2.19. The van der Waals surface area contributed by atoms with Crippen LogP contribution in [0.4, 0.5) is 4.79 Å². The van der Waals surface area contributed by atoms with Gasteiger partial charge in [-0.2, -0.15) is 0 Å². The summed E-state index contributed by atoms with van der Waals surface area (Å²) in [5, 5.41) is 2.94. The van der Waals surface area contributed by atoms with E-state index < -0.39 is 0 Å². The van der Waals surface area contributed by atoms with Gasteiger partial charge in [0.1, 0.15) is 5.76 Å². The van der Waals surface area contributed by atoms with Gasteiger partial charge >= 0.3 is 6.03 Å². The minimum Gasteiger partial charge on any atom is -0.469 e. The third-order valence-corrected chi connectivity index (χ3v) is 2.63. The molecule has 1 aromatic rings. The molecule has 2 amide bonds. The predicted molar refractivity (Wildman–Crippen MR) is 56.5 cm³/mol. The molecule has 0 unspecified atom stereocenters. The summed E-state index contributed by atoms with van der Waals surface area (Å²) in [6.07, 6.45) is 3.88. The van der Waals surface area contributed by atoms with E-state index in [2.05, 4.69) is 5.32 Å². The van der Waals surface area contributed by atoms with Gasteiger partial charge in [0, 0.05) is 18.7 Å². The fourth-order valence-electron chi connectivity index (χ4n) is 1.42. The van der Waals surface area contributed by atoms with Gasteiger partial charge in [-0.3, -0.25) is 0 Å². The Morgan fingerprint density at radius 3 is 2.93 bits per heavy atom. The number of amides is 2. The van der Waals surface area contributed by atoms with Gasteiger partial charge in [-0.25, -0.2) is 4.79 Å². The maximum absolute atomic E-state index is 11.6. The third kappa shape index (κ3) is 2.52. The number of furan rings is 1. The Morgan fingerprint density at radius 2 is 2.40 bits per heavy atom. The minimum absolute atomic E-state index is 0.00176. The standard InChI is InChI=1S/C11H16N2O2/c1-8-9(5-6-15-8)7-13(2)11(14)12-10-3-4-10/h5-6,10H,3-4,7H2,1-2H3,(H,12,14). The van der Waals surface area contributed by atoms with Crippen molar-refractivity contribution in [3.63, 3.8) is 0 Å². The topological polar surface area (TPSA) is 45.5 Å². The summed E-state index contributed by atoms with van der Waals surface area (Å²) >= 11 is 0. The molecule has 0 atom stereocenters. The van der Waals surface area contributed by atoms with E-state index in [0.29, 0.717) is 12.6 Å². The van der Waals surface area contributed by atoms with Crippen molar-refractivity contribution < 1.29 is 9.21 Å². The van der Waals surface area contributed by atoms with Crippen LogP contribution >= 0.6 is 0 Å². The number of carbonyl (C=O) groups excluding carboxylic acids is 1. The van der Waals surface area contributed by atoms with Crippen LogP contribution in [0.2, 0.25) is 0 Å². The zero-order chi connectivity index (χ0) is 10.8. The monoisotopic (exact) mass is 208 g/mol. The molecule has 15 heavy (non-hydrogen) atoms. The second-order valence-electron chi connectivity index (χ2n) is 4.08. The molecule has 1 aliphatic carbocycles. The number of nitrogens with one attached hydrogen (secondary N) is 1. The van der Waals surface area contributed by atoms with Crippen LogP contribution in [0.3, 0.4) is 0 Å². The second-order valence-corrected chi connectivity index (χ2v) is 4.08. The fraction of sp³-hybridized carbons (Fsp3) is 0.545. The van der Waals surface area contributed by atoms with Crippen LogP contribution in [0.15, 0.2) is 16.7 Å². The molecule has 0 aromatic carbocycles. The number of rotatable bonds is 3. The molecule has 0 spiro atoms. The summed E-state index contributed by atoms with van der Waals surface area (Å²) in [5.41, 5.74) is 1.06. The average Bonchev–Trinajstić information content (AvgIpc) is 2.92. The summed E-state index contributed by atoms with van der Waals surface area (Å²) in [6, 6.07) is 2.31. The van der Waals surface area contributed by atoms with Gasteiger partial charge in [0.2, 0.25) is 0 Å². The summed E-state index contributed by atoms with van der Waals surface area (Å²) in [5.74, 6) is 0.876. The summed E-state index contributed by atoms with van der Waals surface area (Å²) in [6.45, 7) is 2.50. The van der Waals surface area contributed by atoms with Crippen LogP contribution in [0.5, 0.6) is 0 Å². The highest BCUT2D eigenvalue weighted by molar-refractivity contribution is 5.74. The van der Waals surface area contributed by atoms with Gasteiger partial charge in [0.15, 0.2) is 0 Å². The van der Waals surface area contributed by atoms with Crippen LogP contribution in [0.1, 0.15) is 24.2 Å². The first-order valence-corrected chi connectivity index (χ1v) is 5.21. The van der Waals surface area contributed by atoms with Crippen molar-refractivity contribution in [2.24, 2.45) is 0 Å². The molecular weight excluding hydrogens is 192 g/mol. The smallest absolute Gasteiger partial charge is 0.317 e. The van der Waals surface area contributed by atoms with E-state index in [4.69, 9.17) is 4.42 Å². The predicted octanol–water partition coefficient (Wildman–Crippen LogP) is 1.89. The Labute approximate surface area is 89.2 Å². The molecule has 2 rings (SSSR count). The summed E-state index contributed by atoms with van der Waals surface area (Å²) in [4.78, 5) is 13.3. The van der Waals surface area contributed by atoms with E-state index in [1.54, 1.807) is 18.2 Å². The normalized spacial score (nSPS) is 15.1. The van der Waals surface area contributed by atoms with Crippen LogP contribution in [0.25, 0.3) is 0 Å². The van der Waals surface area contributed by atoms with Gasteiger partial charge in [0.05, 0.1) is 12.8 Å². The van der Waals surface area contributed by atoms with Crippen molar-refractivity contribution in [1.82, 2.24) is 10.2 Å². The van der Waals surface area contributed by atoms with Crippen molar-refractivity contribution in [3.8, 4) is 0 Å². The Kier molecular flexibility index (Phi) is 2.66. The van der Waals surface area contributed by atoms with Gasteiger partial charge in [-0.15, -0.1) is 0 Å². The Hall–Kier alpha value is -1.45. The molecule has 1 fully saturated rings. The van der Waals surface area contributed by atoms with E-state index in [1.165, 1.54) is 0 Å². The van der Waals surface area contributed by atoms with Gasteiger partial charge in [-0.05, 0) is 25.8 Å². The highest BCUT2D eigenvalue weighted by Gasteiger charge is 2.24. The second kappa shape index (κ2) is 3.96. The maximum atomic E-state index is 11.6. The maximum Gasteiger partial charge on any atom is 0.317 e. The van der Waals surface area contributed by atoms with Crippen molar-refractivity contribution in [2.45, 2.75) is 32.4 Å². The number of hydrogen-bond acceptors (Lipinski definition) is 2. The third-order valence-electron chi connectivity index (χ3n) is 2.63. The van der Waals surface area contributed by atoms with Crippen molar-refractivity contribution in [2.75, 3.05) is 7.05 Å². The van der Waals surface area contributed by atoms with Crippen LogP contribution < -0.4 is 5.32 Å². The molecule has 1 aromatic heterocycles. The number of aryl methyl sites for hydroxylation is 1. The minimum atomic E-state index is -0.00176. The molecule has 0 aliphatic heterocycles. The molecule has 4 nitrogen and oxygen atoms in total. The van der Waals surface area contributed by atoms with Crippen molar-refractivity contribution in [1.29, 1.82) is 0 Å². The molecule has 0 saturated heterocycles. The molecule has 0 radical (unpaired) electrons. The zero-order valence-corrected chi connectivity index (χ0v) is 9.12. The molecule has 1 aliphatic rings. The number of hydrogen-bond donors (Lipinski definition) is 1. The number of nitrogens with zero attached hydrogens (tertiary/aromatic N) is 1. The lowest BCUT2D eigenvalue weighted by atomic mass is 10.2. The first-order valence-electron chi connectivity index (χ1n) is 5.21. The lowest BCUT2D eigenvalue weighted by Gasteiger charge is -2.17. The van der Waals surface area contributed by atoms with Gasteiger partial charge < -0.3 is 14.6 Å². The van der Waals surface area contributed by atoms with Crippen LogP contribution in [-0.4, -0.2) is 24.0 Å². The van der Waals surface area contributed by atoms with Crippen LogP contribution in [-0.2, 0) is 6.54 Å². The quantitative estimate of drug-likeness (QED) is 0.824. The van der Waals surface area contributed by atoms with E-state index in [1.807, 2.05) is 13.0 Å². The molecule has 0 bridgehead atoms. The Balaban J connectivity index is 1.87. The Bertz CT molecular complexity index is 355. The Morgan fingerprint density at radius 1 is 1.67 bits per heavy atom. The first kappa shape index (κ1) is 10.1. The highest BCUT2D eigenvalue weighted by atomic mass is 16.3. The first-order chi connectivity index (χ1) is 7.16. The average molecular weight is 208 g/mol. The molecule has 4 heteroatoms. The van der Waals surface area contributed by atoms with Crippen molar-refractivity contribution in [3.05, 3.63) is 23.7 Å². The van der Waals surface area contributed by atoms with Crippen molar-refractivity contribution >= 4 is 6.03 Å². The van der Waals surface area contributed by atoms with E-state index in [0.717, 1.165) is 24.2 Å². The lowest BCUT2D eigenvalue weighted by Crippen LogP contribution is -2.37. The summed E-state index contributed by atoms with van der Waals surface area (Å²) < 4.78 is 5.18.